The molecule has 0 aliphatic rings. The molecule has 0 spiro atoms. The van der Waals surface area contributed by atoms with Gasteiger partial charge in [0.05, 0.1) is 13.2 Å². The van der Waals surface area contributed by atoms with Crippen LogP contribution in [0.25, 0.3) is 0 Å². The van der Waals surface area contributed by atoms with Crippen LogP contribution in [-0.2, 0) is 4.79 Å². The Morgan fingerprint density at radius 1 is 1.56 bits per heavy atom. The molecule has 5 heteroatoms. The van der Waals surface area contributed by atoms with Crippen molar-refractivity contribution in [3.8, 4) is 5.75 Å². The Balaban J connectivity index is 2.75. The molecule has 0 fully saturated rings. The summed E-state index contributed by atoms with van der Waals surface area (Å²) in [6.07, 6.45) is -1.33. The van der Waals surface area contributed by atoms with Gasteiger partial charge in [0, 0.05) is 18.1 Å². The Kier molecular flexibility index (Phi) is 4.25. The van der Waals surface area contributed by atoms with Gasteiger partial charge in [-0.05, 0) is 18.6 Å². The van der Waals surface area contributed by atoms with E-state index in [4.69, 9.17) is 9.84 Å². The maximum atomic E-state index is 13.4. The monoisotopic (exact) mass is 228 g/mol. The summed E-state index contributed by atoms with van der Waals surface area (Å²) in [5.74, 6) is -1.27. The highest BCUT2D eigenvalue weighted by Gasteiger charge is 2.14. The Morgan fingerprint density at radius 3 is 2.75 bits per heavy atom. The van der Waals surface area contributed by atoms with E-state index in [9.17, 15) is 14.3 Å². The number of rotatable bonds is 5. The zero-order valence-electron chi connectivity index (χ0n) is 8.81. The molecule has 0 radical (unpaired) electrons. The fourth-order valence-electron chi connectivity index (χ4n) is 1.32. The average Bonchev–Trinajstić information content (AvgIpc) is 2.25. The number of carboxylic acid groups (broad SMARTS) is 1. The Labute approximate surface area is 92.3 Å². The van der Waals surface area contributed by atoms with E-state index in [1.807, 2.05) is 0 Å². The van der Waals surface area contributed by atoms with Crippen LogP contribution >= 0.6 is 0 Å². The third-order valence-electron chi connectivity index (χ3n) is 2.20. The molecule has 1 rings (SSSR count). The predicted molar refractivity (Wildman–Crippen MR) is 54.8 cm³/mol. The van der Waals surface area contributed by atoms with Gasteiger partial charge in [0.1, 0.15) is 11.6 Å². The van der Waals surface area contributed by atoms with E-state index in [0.717, 1.165) is 6.07 Å². The van der Waals surface area contributed by atoms with Crippen molar-refractivity contribution in [2.24, 2.45) is 0 Å². The van der Waals surface area contributed by atoms with Gasteiger partial charge in [0.25, 0.3) is 0 Å². The number of carboxylic acids is 1. The van der Waals surface area contributed by atoms with Crippen molar-refractivity contribution in [3.63, 3.8) is 0 Å². The SMILES string of the molecule is COc1ccc(C(O)CCC(=O)O)c(F)c1. The highest BCUT2D eigenvalue weighted by atomic mass is 19.1. The van der Waals surface area contributed by atoms with Crippen molar-refractivity contribution in [2.75, 3.05) is 7.11 Å². The summed E-state index contributed by atoms with van der Waals surface area (Å²) in [6.45, 7) is 0. The molecular weight excluding hydrogens is 215 g/mol. The van der Waals surface area contributed by atoms with Gasteiger partial charge in [-0.15, -0.1) is 0 Å². The average molecular weight is 228 g/mol. The normalized spacial score (nSPS) is 12.2. The van der Waals surface area contributed by atoms with Gasteiger partial charge in [-0.2, -0.15) is 0 Å². The summed E-state index contributed by atoms with van der Waals surface area (Å²) in [5.41, 5.74) is 0.0852. The standard InChI is InChI=1S/C11H13FO4/c1-16-7-2-3-8(9(12)6-7)10(13)4-5-11(14)15/h2-3,6,10,13H,4-5H2,1H3,(H,14,15). The molecule has 1 aromatic carbocycles. The van der Waals surface area contributed by atoms with Crippen molar-refractivity contribution < 1.29 is 24.1 Å². The first-order chi connectivity index (χ1) is 7.54. The molecule has 0 heterocycles. The number of aliphatic hydroxyl groups excluding tert-OH is 1. The molecule has 0 saturated heterocycles. The van der Waals surface area contributed by atoms with Gasteiger partial charge in [-0.25, -0.2) is 4.39 Å². The number of carbonyl (C=O) groups is 1. The van der Waals surface area contributed by atoms with Crippen LogP contribution in [0.3, 0.4) is 0 Å². The third kappa shape index (κ3) is 3.20. The molecule has 4 nitrogen and oxygen atoms in total. The molecule has 0 aliphatic carbocycles. The fraction of sp³-hybridized carbons (Fsp3) is 0.364. The maximum absolute atomic E-state index is 13.4. The molecule has 1 atom stereocenters. The van der Waals surface area contributed by atoms with E-state index in [1.54, 1.807) is 0 Å². The Hall–Kier alpha value is -1.62. The highest BCUT2D eigenvalue weighted by molar-refractivity contribution is 5.66. The fourth-order valence-corrected chi connectivity index (χ4v) is 1.32. The summed E-state index contributed by atoms with van der Waals surface area (Å²) < 4.78 is 18.2. The van der Waals surface area contributed by atoms with Crippen molar-refractivity contribution >= 4 is 5.97 Å². The van der Waals surface area contributed by atoms with Crippen LogP contribution in [0.1, 0.15) is 24.5 Å². The lowest BCUT2D eigenvalue weighted by molar-refractivity contribution is -0.137. The van der Waals surface area contributed by atoms with Gasteiger partial charge in [0.15, 0.2) is 0 Å². The second kappa shape index (κ2) is 5.46. The number of halogens is 1. The lowest BCUT2D eigenvalue weighted by atomic mass is 10.0. The number of aliphatic carboxylic acids is 1. The van der Waals surface area contributed by atoms with E-state index in [0.29, 0.717) is 5.75 Å². The number of methoxy groups -OCH3 is 1. The van der Waals surface area contributed by atoms with Crippen LogP contribution < -0.4 is 4.74 Å². The molecule has 16 heavy (non-hydrogen) atoms. The zero-order valence-corrected chi connectivity index (χ0v) is 8.81. The Morgan fingerprint density at radius 2 is 2.25 bits per heavy atom. The highest BCUT2D eigenvalue weighted by Crippen LogP contribution is 2.24. The van der Waals surface area contributed by atoms with Crippen LogP contribution in [0, 0.1) is 5.82 Å². The van der Waals surface area contributed by atoms with Crippen molar-refractivity contribution in [1.82, 2.24) is 0 Å². The van der Waals surface area contributed by atoms with Crippen LogP contribution in [0.4, 0.5) is 4.39 Å². The lowest BCUT2D eigenvalue weighted by Crippen LogP contribution is -2.04. The predicted octanol–water partition coefficient (Wildman–Crippen LogP) is 1.73. The maximum Gasteiger partial charge on any atom is 0.303 e. The topological polar surface area (TPSA) is 66.8 Å². The first-order valence-corrected chi connectivity index (χ1v) is 4.78. The van der Waals surface area contributed by atoms with Crippen molar-refractivity contribution in [3.05, 3.63) is 29.6 Å². The molecule has 0 aliphatic heterocycles. The minimum absolute atomic E-state index is 0.0153. The minimum Gasteiger partial charge on any atom is -0.497 e. The van der Waals surface area contributed by atoms with Crippen LogP contribution in [-0.4, -0.2) is 23.3 Å². The second-order valence-corrected chi connectivity index (χ2v) is 3.34. The lowest BCUT2D eigenvalue weighted by Gasteiger charge is -2.11. The van der Waals surface area contributed by atoms with Crippen molar-refractivity contribution in [1.29, 1.82) is 0 Å². The number of benzene rings is 1. The Bertz CT molecular complexity index is 378. The van der Waals surface area contributed by atoms with E-state index in [1.165, 1.54) is 19.2 Å². The second-order valence-electron chi connectivity index (χ2n) is 3.34. The minimum atomic E-state index is -1.11. The third-order valence-corrected chi connectivity index (χ3v) is 2.20. The van der Waals surface area contributed by atoms with Crippen molar-refractivity contribution in [2.45, 2.75) is 18.9 Å². The summed E-state index contributed by atoms with van der Waals surface area (Å²) in [4.78, 5) is 10.3. The first kappa shape index (κ1) is 12.4. The molecule has 88 valence electrons. The van der Waals surface area contributed by atoms with Gasteiger partial charge >= 0.3 is 5.97 Å². The summed E-state index contributed by atoms with van der Waals surface area (Å²) in [7, 11) is 1.41. The number of hydrogen-bond acceptors (Lipinski definition) is 3. The van der Waals surface area contributed by atoms with E-state index < -0.39 is 17.9 Å². The summed E-state index contributed by atoms with van der Waals surface area (Å²) >= 11 is 0. The van der Waals surface area contributed by atoms with Crippen LogP contribution in [0.15, 0.2) is 18.2 Å². The summed E-state index contributed by atoms with van der Waals surface area (Å²) in [5, 5.41) is 18.0. The van der Waals surface area contributed by atoms with Gasteiger partial charge < -0.3 is 14.9 Å². The molecule has 1 aromatic rings. The van der Waals surface area contributed by atoms with Gasteiger partial charge in [0.2, 0.25) is 0 Å². The summed E-state index contributed by atoms with van der Waals surface area (Å²) in [6, 6.07) is 4.06. The molecule has 0 saturated carbocycles. The zero-order chi connectivity index (χ0) is 12.1. The molecule has 2 N–H and O–H groups in total. The number of aliphatic hydroxyl groups is 1. The molecule has 0 amide bonds. The van der Waals surface area contributed by atoms with E-state index in [-0.39, 0.29) is 18.4 Å². The number of ether oxygens (including phenoxy) is 1. The van der Waals surface area contributed by atoms with Gasteiger partial charge in [-0.1, -0.05) is 0 Å². The smallest absolute Gasteiger partial charge is 0.303 e. The van der Waals surface area contributed by atoms with E-state index in [2.05, 4.69) is 0 Å². The molecule has 1 unspecified atom stereocenters. The van der Waals surface area contributed by atoms with Crippen LogP contribution in [0.2, 0.25) is 0 Å². The largest absolute Gasteiger partial charge is 0.497 e. The van der Waals surface area contributed by atoms with Crippen LogP contribution in [0.5, 0.6) is 5.75 Å². The first-order valence-electron chi connectivity index (χ1n) is 4.78. The number of hydrogen-bond donors (Lipinski definition) is 2. The molecule has 0 bridgehead atoms. The quantitative estimate of drug-likeness (QED) is 0.805. The molecular formula is C11H13FO4. The van der Waals surface area contributed by atoms with Gasteiger partial charge in [-0.3, -0.25) is 4.79 Å². The van der Waals surface area contributed by atoms with E-state index >= 15 is 0 Å². The molecule has 0 aromatic heterocycles.